The normalized spacial score (nSPS) is 25.4. The first-order valence-corrected chi connectivity index (χ1v) is 9.74. The van der Waals surface area contributed by atoms with Crippen LogP contribution in [0.2, 0.25) is 10.0 Å². The van der Waals surface area contributed by atoms with Crippen LogP contribution in [-0.4, -0.2) is 67.6 Å². The fourth-order valence-electron chi connectivity index (χ4n) is 4.24. The highest BCUT2D eigenvalue weighted by Crippen LogP contribution is 2.44. The number of nitrogens with zero attached hydrogens (tertiary/aromatic N) is 2. The number of hydrogen-bond acceptors (Lipinski definition) is 4. The minimum Gasteiger partial charge on any atom is -0.496 e. The highest BCUT2D eigenvalue weighted by molar-refractivity contribution is 6.42. The van der Waals surface area contributed by atoms with Crippen molar-refractivity contribution in [1.29, 1.82) is 0 Å². The molecule has 8 heteroatoms. The first kappa shape index (κ1) is 20.2. The van der Waals surface area contributed by atoms with E-state index in [-0.39, 0.29) is 43.0 Å². The van der Waals surface area contributed by atoms with E-state index in [1.165, 1.54) is 7.11 Å². The Bertz CT molecular complexity index is 743. The smallest absolute Gasteiger partial charge is 0.249 e. The van der Waals surface area contributed by atoms with Crippen LogP contribution in [0.4, 0.5) is 0 Å². The zero-order valence-electron chi connectivity index (χ0n) is 15.7. The maximum absolute atomic E-state index is 12.6. The summed E-state index contributed by atoms with van der Waals surface area (Å²) in [5.74, 6) is 0.605. The lowest BCUT2D eigenvalue weighted by atomic mass is 9.81. The van der Waals surface area contributed by atoms with E-state index in [0.29, 0.717) is 28.8 Å². The van der Waals surface area contributed by atoms with Crippen LogP contribution in [0.3, 0.4) is 0 Å². The maximum atomic E-state index is 12.6. The quantitative estimate of drug-likeness (QED) is 0.759. The number of rotatable bonds is 4. The van der Waals surface area contributed by atoms with Crippen molar-refractivity contribution in [3.63, 3.8) is 0 Å². The number of piperazine rings is 1. The zero-order chi connectivity index (χ0) is 19.7. The third-order valence-electron chi connectivity index (χ3n) is 5.63. The Morgan fingerprint density at radius 2 is 2.04 bits per heavy atom. The van der Waals surface area contributed by atoms with Crippen molar-refractivity contribution in [2.45, 2.75) is 37.8 Å². The lowest BCUT2D eigenvalue weighted by Gasteiger charge is -2.50. The van der Waals surface area contributed by atoms with Gasteiger partial charge in [0.25, 0.3) is 0 Å². The summed E-state index contributed by atoms with van der Waals surface area (Å²) in [5.41, 5.74) is 0.881. The molecule has 0 bridgehead atoms. The summed E-state index contributed by atoms with van der Waals surface area (Å²) < 4.78 is 10.5. The van der Waals surface area contributed by atoms with Crippen molar-refractivity contribution in [2.24, 2.45) is 0 Å². The molecule has 2 saturated heterocycles. The Labute approximate surface area is 169 Å². The molecular weight excluding hydrogens is 391 g/mol. The second-order valence-corrected chi connectivity index (χ2v) is 7.83. The van der Waals surface area contributed by atoms with Crippen LogP contribution < -0.4 is 4.74 Å². The number of fused-ring (bicyclic) bond motifs is 1. The van der Waals surface area contributed by atoms with Gasteiger partial charge in [0, 0.05) is 25.3 Å². The van der Waals surface area contributed by atoms with Crippen LogP contribution in [0.15, 0.2) is 12.1 Å². The monoisotopic (exact) mass is 414 g/mol. The van der Waals surface area contributed by atoms with E-state index < -0.39 is 0 Å². The second kappa shape index (κ2) is 8.25. The fraction of sp³-hybridized carbons (Fsp3) is 0.579. The van der Waals surface area contributed by atoms with Gasteiger partial charge >= 0.3 is 0 Å². The Hall–Kier alpha value is -1.50. The molecule has 0 spiro atoms. The van der Waals surface area contributed by atoms with E-state index in [9.17, 15) is 9.59 Å². The average molecular weight is 415 g/mol. The first-order chi connectivity index (χ1) is 12.9. The standard InChI is InChI=1S/C19H24Cl2N2O4/c1-11-14-8-12(18-15(27-3)5-4-13(20)19(18)21)6-7-22(14)16(24)9-23(11)17(25)10-26-2/h4-5,11-12,14H,6-10H2,1-3H3/t11?,12-,14+/m1/s1. The lowest BCUT2D eigenvalue weighted by Crippen LogP contribution is -2.64. The maximum Gasteiger partial charge on any atom is 0.249 e. The average Bonchev–Trinajstić information content (AvgIpc) is 2.66. The van der Waals surface area contributed by atoms with Gasteiger partial charge < -0.3 is 19.3 Å². The Balaban J connectivity index is 1.88. The van der Waals surface area contributed by atoms with Crippen LogP contribution in [0.1, 0.15) is 31.2 Å². The number of benzene rings is 1. The number of ether oxygens (including phenoxy) is 2. The van der Waals surface area contributed by atoms with Crippen LogP contribution in [-0.2, 0) is 14.3 Å². The molecular formula is C19H24Cl2N2O4. The summed E-state index contributed by atoms with van der Waals surface area (Å²) in [6, 6.07) is 3.36. The summed E-state index contributed by atoms with van der Waals surface area (Å²) in [7, 11) is 3.08. The molecule has 27 heavy (non-hydrogen) atoms. The lowest BCUT2D eigenvalue weighted by molar-refractivity contribution is -0.156. The molecule has 148 valence electrons. The van der Waals surface area contributed by atoms with Crippen molar-refractivity contribution >= 4 is 35.0 Å². The topological polar surface area (TPSA) is 59.1 Å². The van der Waals surface area contributed by atoms with Gasteiger partial charge in [-0.05, 0) is 37.8 Å². The minimum absolute atomic E-state index is 0.0230. The summed E-state index contributed by atoms with van der Waals surface area (Å²) >= 11 is 12.7. The van der Waals surface area contributed by atoms with Crippen molar-refractivity contribution < 1.29 is 19.1 Å². The van der Waals surface area contributed by atoms with E-state index in [4.69, 9.17) is 32.7 Å². The number of carbonyl (C=O) groups is 2. The highest BCUT2D eigenvalue weighted by atomic mass is 35.5. The molecule has 0 saturated carbocycles. The van der Waals surface area contributed by atoms with Crippen LogP contribution in [0.5, 0.6) is 5.75 Å². The third-order valence-corrected chi connectivity index (χ3v) is 6.45. The summed E-state index contributed by atoms with van der Waals surface area (Å²) in [6.45, 7) is 2.68. The number of amides is 2. The van der Waals surface area contributed by atoms with Crippen LogP contribution in [0, 0.1) is 0 Å². The SMILES string of the molecule is COCC(=O)N1CC(=O)N2CC[C@@H](c3c(OC)ccc(Cl)c3Cl)C[C@H]2C1C. The minimum atomic E-state index is -0.168. The third kappa shape index (κ3) is 3.75. The predicted molar refractivity (Wildman–Crippen MR) is 104 cm³/mol. The van der Waals surface area contributed by atoms with Gasteiger partial charge in [-0.1, -0.05) is 23.2 Å². The van der Waals surface area contributed by atoms with Gasteiger partial charge in [-0.3, -0.25) is 9.59 Å². The molecule has 2 fully saturated rings. The zero-order valence-corrected chi connectivity index (χ0v) is 17.2. The van der Waals surface area contributed by atoms with Gasteiger partial charge in [-0.2, -0.15) is 0 Å². The largest absolute Gasteiger partial charge is 0.496 e. The van der Waals surface area contributed by atoms with Gasteiger partial charge in [0.1, 0.15) is 18.9 Å². The number of halogens is 2. The van der Waals surface area contributed by atoms with Gasteiger partial charge in [0.05, 0.1) is 23.2 Å². The molecule has 6 nitrogen and oxygen atoms in total. The predicted octanol–water partition coefficient (Wildman–Crippen LogP) is 2.95. The van der Waals surface area contributed by atoms with E-state index in [1.54, 1.807) is 18.1 Å². The Morgan fingerprint density at radius 3 is 2.70 bits per heavy atom. The molecule has 0 N–H and O–H groups in total. The van der Waals surface area contributed by atoms with E-state index in [1.807, 2.05) is 17.9 Å². The van der Waals surface area contributed by atoms with Gasteiger partial charge in [0.15, 0.2) is 0 Å². The van der Waals surface area contributed by atoms with E-state index in [0.717, 1.165) is 12.0 Å². The molecule has 1 aromatic carbocycles. The molecule has 0 aliphatic carbocycles. The fourth-order valence-corrected chi connectivity index (χ4v) is 4.72. The van der Waals surface area contributed by atoms with E-state index >= 15 is 0 Å². The highest BCUT2D eigenvalue weighted by Gasteiger charge is 2.44. The van der Waals surface area contributed by atoms with Crippen molar-refractivity contribution in [3.8, 4) is 5.75 Å². The summed E-state index contributed by atoms with van der Waals surface area (Å²) in [5, 5.41) is 0.983. The number of carbonyl (C=O) groups excluding carboxylic acids is 2. The molecule has 3 rings (SSSR count). The van der Waals surface area contributed by atoms with Crippen LogP contribution in [0.25, 0.3) is 0 Å². The molecule has 2 aliphatic rings. The summed E-state index contributed by atoms with van der Waals surface area (Å²) in [4.78, 5) is 28.5. The van der Waals surface area contributed by atoms with Crippen molar-refractivity contribution in [2.75, 3.05) is 33.9 Å². The van der Waals surface area contributed by atoms with Gasteiger partial charge in [-0.25, -0.2) is 0 Å². The summed E-state index contributed by atoms with van der Waals surface area (Å²) in [6.07, 6.45) is 1.47. The second-order valence-electron chi connectivity index (χ2n) is 7.05. The molecule has 2 heterocycles. The molecule has 1 unspecified atom stereocenters. The van der Waals surface area contributed by atoms with Gasteiger partial charge in [-0.15, -0.1) is 0 Å². The molecule has 3 atom stereocenters. The van der Waals surface area contributed by atoms with E-state index in [2.05, 4.69) is 0 Å². The van der Waals surface area contributed by atoms with Crippen LogP contribution >= 0.6 is 23.2 Å². The molecule has 1 aromatic rings. The molecule has 0 aromatic heterocycles. The molecule has 0 radical (unpaired) electrons. The number of methoxy groups -OCH3 is 2. The van der Waals surface area contributed by atoms with Gasteiger partial charge in [0.2, 0.25) is 11.8 Å². The first-order valence-electron chi connectivity index (χ1n) is 8.98. The molecule has 2 amide bonds. The Morgan fingerprint density at radius 1 is 1.30 bits per heavy atom. The molecule has 2 aliphatic heterocycles. The number of piperidine rings is 1. The Kier molecular flexibility index (Phi) is 6.18. The van der Waals surface area contributed by atoms with Crippen molar-refractivity contribution in [3.05, 3.63) is 27.7 Å². The number of hydrogen-bond donors (Lipinski definition) is 0. The van der Waals surface area contributed by atoms with Crippen molar-refractivity contribution in [1.82, 2.24) is 9.80 Å².